The average Bonchev–Trinajstić information content (AvgIpc) is 2.84. The summed E-state index contributed by atoms with van der Waals surface area (Å²) in [4.78, 5) is 39.8. The van der Waals surface area contributed by atoms with Crippen LogP contribution < -0.4 is 14.8 Å². The van der Waals surface area contributed by atoms with E-state index in [4.69, 9.17) is 18.9 Å². The van der Waals surface area contributed by atoms with Crippen molar-refractivity contribution in [2.45, 2.75) is 33.1 Å². The van der Waals surface area contributed by atoms with Gasteiger partial charge in [0, 0.05) is 28.3 Å². The van der Waals surface area contributed by atoms with E-state index in [0.717, 1.165) is 5.75 Å². The van der Waals surface area contributed by atoms with E-state index >= 15 is 0 Å². The second kappa shape index (κ2) is 11.7. The van der Waals surface area contributed by atoms with Gasteiger partial charge in [-0.2, -0.15) is 11.8 Å². The highest BCUT2D eigenvalue weighted by Gasteiger charge is 2.48. The number of rotatable bonds is 9. The molecule has 1 N–H and O–H groups in total. The maximum absolute atomic E-state index is 13.8. The van der Waals surface area contributed by atoms with E-state index in [0.29, 0.717) is 51.8 Å². The van der Waals surface area contributed by atoms with Crippen LogP contribution in [0.25, 0.3) is 0 Å². The Morgan fingerprint density at radius 2 is 1.91 bits per heavy atom. The summed E-state index contributed by atoms with van der Waals surface area (Å²) in [5, 5.41) is 3.26. The Bertz CT molecular complexity index is 1060. The molecule has 0 unspecified atom stereocenters. The van der Waals surface area contributed by atoms with Gasteiger partial charge in [-0.3, -0.25) is 9.59 Å². The lowest BCUT2D eigenvalue weighted by Gasteiger charge is -2.38. The van der Waals surface area contributed by atoms with Crippen LogP contribution in [0.15, 0.2) is 40.7 Å². The van der Waals surface area contributed by atoms with Crippen LogP contribution in [-0.4, -0.2) is 57.2 Å². The van der Waals surface area contributed by atoms with Crippen molar-refractivity contribution in [2.75, 3.05) is 39.4 Å². The van der Waals surface area contributed by atoms with Crippen LogP contribution in [0.4, 0.5) is 0 Å². The maximum Gasteiger partial charge on any atom is 0.336 e. The smallest absolute Gasteiger partial charge is 0.336 e. The lowest BCUT2D eigenvalue weighted by molar-refractivity contribution is -0.151. The molecule has 9 heteroatoms. The second-order valence-corrected chi connectivity index (χ2v) is 9.84. The zero-order valence-corrected chi connectivity index (χ0v) is 21.9. The lowest BCUT2D eigenvalue weighted by atomic mass is 9.69. The fourth-order valence-electron chi connectivity index (χ4n) is 4.82. The first-order chi connectivity index (χ1) is 16.8. The summed E-state index contributed by atoms with van der Waals surface area (Å²) in [6, 6.07) is 5.33. The van der Waals surface area contributed by atoms with Crippen LogP contribution in [0.1, 0.15) is 38.7 Å². The lowest BCUT2D eigenvalue weighted by Crippen LogP contribution is -2.43. The summed E-state index contributed by atoms with van der Waals surface area (Å²) in [5.41, 5.74) is 2.53. The quantitative estimate of drug-likeness (QED) is 0.308. The van der Waals surface area contributed by atoms with Gasteiger partial charge in [-0.15, -0.1) is 0 Å². The molecule has 1 aromatic rings. The van der Waals surface area contributed by atoms with E-state index < -0.39 is 23.8 Å². The number of carbonyl (C=O) groups is 3. The molecule has 2 aliphatic rings. The largest absolute Gasteiger partial charge is 0.493 e. The molecule has 1 aliphatic heterocycles. The SMILES string of the molecule is CCSCCOC(=O)C1=C(C)NC2=C(C(=O)[C@@H](C(=O)OC)[C@@H](C)C2)[C@@H]1c1cccc(OC)c1OC. The molecule has 0 fully saturated rings. The number of benzene rings is 1. The van der Waals surface area contributed by atoms with Crippen molar-refractivity contribution in [3.8, 4) is 11.5 Å². The van der Waals surface area contributed by atoms with E-state index in [1.807, 2.05) is 13.8 Å². The molecular formula is C26H33NO7S. The molecule has 8 nitrogen and oxygen atoms in total. The minimum absolute atomic E-state index is 0.248. The van der Waals surface area contributed by atoms with Gasteiger partial charge in [0.15, 0.2) is 17.3 Å². The molecule has 190 valence electrons. The molecule has 0 saturated heterocycles. The molecule has 1 aromatic carbocycles. The Labute approximate surface area is 210 Å². The van der Waals surface area contributed by atoms with Crippen molar-refractivity contribution in [3.05, 3.63) is 46.3 Å². The molecule has 1 heterocycles. The summed E-state index contributed by atoms with van der Waals surface area (Å²) in [6.07, 6.45) is 0.455. The molecule has 0 saturated carbocycles. The van der Waals surface area contributed by atoms with E-state index in [2.05, 4.69) is 5.32 Å². The van der Waals surface area contributed by atoms with Gasteiger partial charge < -0.3 is 24.3 Å². The number of dihydropyridines is 1. The van der Waals surface area contributed by atoms with Gasteiger partial charge in [0.25, 0.3) is 0 Å². The highest BCUT2D eigenvalue weighted by molar-refractivity contribution is 7.99. The van der Waals surface area contributed by atoms with Crippen LogP contribution in [0.2, 0.25) is 0 Å². The average molecular weight is 504 g/mol. The number of esters is 2. The Morgan fingerprint density at radius 3 is 2.54 bits per heavy atom. The highest BCUT2D eigenvalue weighted by atomic mass is 32.2. The van der Waals surface area contributed by atoms with Crippen LogP contribution >= 0.6 is 11.8 Å². The fourth-order valence-corrected chi connectivity index (χ4v) is 5.31. The molecule has 35 heavy (non-hydrogen) atoms. The van der Waals surface area contributed by atoms with Crippen LogP contribution in [-0.2, 0) is 23.9 Å². The normalized spacial score (nSPS) is 21.8. The van der Waals surface area contributed by atoms with Gasteiger partial charge in [-0.1, -0.05) is 26.0 Å². The minimum Gasteiger partial charge on any atom is -0.493 e. The van der Waals surface area contributed by atoms with Crippen LogP contribution in [0, 0.1) is 11.8 Å². The Kier molecular flexibility index (Phi) is 8.88. The molecule has 0 aromatic heterocycles. The minimum atomic E-state index is -0.962. The number of allylic oxidation sites excluding steroid dienone is 3. The van der Waals surface area contributed by atoms with E-state index in [1.165, 1.54) is 21.3 Å². The zero-order valence-electron chi connectivity index (χ0n) is 21.1. The number of hydrogen-bond acceptors (Lipinski definition) is 9. The summed E-state index contributed by atoms with van der Waals surface area (Å²) in [5.74, 6) is -1.02. The Morgan fingerprint density at radius 1 is 1.17 bits per heavy atom. The third-order valence-corrected chi connectivity index (χ3v) is 7.24. The number of Topliss-reactive ketones (excluding diaryl/α,β-unsaturated/α-hetero) is 1. The first-order valence-corrected chi connectivity index (χ1v) is 12.7. The Hall–Kier alpha value is -2.94. The van der Waals surface area contributed by atoms with Crippen LogP contribution in [0.5, 0.6) is 11.5 Å². The molecule has 0 spiro atoms. The number of hydrogen-bond donors (Lipinski definition) is 1. The van der Waals surface area contributed by atoms with E-state index in [9.17, 15) is 14.4 Å². The van der Waals surface area contributed by atoms with Crippen molar-refractivity contribution in [2.24, 2.45) is 11.8 Å². The van der Waals surface area contributed by atoms with E-state index in [-0.39, 0.29) is 18.3 Å². The third-order valence-electron chi connectivity index (χ3n) is 6.37. The fraction of sp³-hybridized carbons (Fsp3) is 0.500. The number of ketones is 1. The van der Waals surface area contributed by atoms with Gasteiger partial charge in [0.05, 0.1) is 32.8 Å². The van der Waals surface area contributed by atoms with Crippen molar-refractivity contribution < 1.29 is 33.3 Å². The number of ether oxygens (including phenoxy) is 4. The van der Waals surface area contributed by atoms with Crippen LogP contribution in [0.3, 0.4) is 0 Å². The number of nitrogens with one attached hydrogen (secondary N) is 1. The van der Waals surface area contributed by atoms with Crippen molar-refractivity contribution >= 4 is 29.5 Å². The molecule has 3 rings (SSSR count). The predicted octanol–water partition coefficient (Wildman–Crippen LogP) is 3.61. The molecule has 3 atom stereocenters. The zero-order chi connectivity index (χ0) is 25.7. The van der Waals surface area contributed by atoms with Gasteiger partial charge in [-0.05, 0) is 31.1 Å². The topological polar surface area (TPSA) is 100 Å². The van der Waals surface area contributed by atoms with Gasteiger partial charge in [0.2, 0.25) is 0 Å². The summed E-state index contributed by atoms with van der Waals surface area (Å²) >= 11 is 1.67. The summed E-state index contributed by atoms with van der Waals surface area (Å²) in [7, 11) is 4.31. The van der Waals surface area contributed by atoms with Crippen molar-refractivity contribution in [3.63, 3.8) is 0 Å². The van der Waals surface area contributed by atoms with Gasteiger partial charge >= 0.3 is 11.9 Å². The van der Waals surface area contributed by atoms with Crippen molar-refractivity contribution in [1.29, 1.82) is 0 Å². The van der Waals surface area contributed by atoms with Crippen molar-refractivity contribution in [1.82, 2.24) is 5.32 Å². The molecule has 0 radical (unpaired) electrons. The number of carbonyl (C=O) groups excluding carboxylic acids is 3. The first-order valence-electron chi connectivity index (χ1n) is 11.6. The monoisotopic (exact) mass is 503 g/mol. The molecular weight excluding hydrogens is 470 g/mol. The van der Waals surface area contributed by atoms with E-state index in [1.54, 1.807) is 36.9 Å². The number of para-hydroxylation sites is 1. The maximum atomic E-state index is 13.8. The Balaban J connectivity index is 2.18. The molecule has 0 amide bonds. The molecule has 0 bridgehead atoms. The predicted molar refractivity (Wildman–Crippen MR) is 133 cm³/mol. The highest BCUT2D eigenvalue weighted by Crippen LogP contribution is 2.49. The van der Waals surface area contributed by atoms with Gasteiger partial charge in [-0.25, -0.2) is 4.79 Å². The van der Waals surface area contributed by atoms with Gasteiger partial charge in [0.1, 0.15) is 12.5 Å². The first kappa shape index (κ1) is 26.7. The molecule has 1 aliphatic carbocycles. The number of methoxy groups -OCH3 is 3. The summed E-state index contributed by atoms with van der Waals surface area (Å²) < 4.78 is 21.7. The number of thioether (sulfide) groups is 1. The third kappa shape index (κ3) is 5.19. The summed E-state index contributed by atoms with van der Waals surface area (Å²) in [6.45, 7) is 5.93. The second-order valence-electron chi connectivity index (χ2n) is 8.45. The standard InChI is InChI=1S/C26H33NO7S/c1-7-35-12-11-34-26(30)20-15(3)27-17-13-14(2)19(25(29)33-6)23(28)22(17)21(20)16-9-8-10-18(31-4)24(16)32-5/h8-10,14,19,21,27H,7,11-13H2,1-6H3/t14-,19-,21+/m0/s1.